The number of fused-ring (bicyclic) bond motifs is 5. The smallest absolute Gasteiger partial charge is 0.101 e. The Balaban J connectivity index is 1.64. The molecule has 0 aliphatic heterocycles. The zero-order chi connectivity index (χ0) is 16.4. The fraction of sp³-hybridized carbons (Fsp3) is 0.947. The molecular formula is C19H31NO3. The summed E-state index contributed by atoms with van der Waals surface area (Å²) in [5, 5.41) is 33.4. The zero-order valence-electron chi connectivity index (χ0n) is 14.4. The van der Waals surface area contributed by atoms with Crippen LogP contribution in [0.3, 0.4) is 0 Å². The highest BCUT2D eigenvalue weighted by Gasteiger charge is 2.61. The number of aliphatic hydroxyl groups is 2. The summed E-state index contributed by atoms with van der Waals surface area (Å²) < 4.78 is 0. The van der Waals surface area contributed by atoms with Gasteiger partial charge in [0.2, 0.25) is 0 Å². The second-order valence-corrected chi connectivity index (χ2v) is 9.33. The molecule has 0 aromatic heterocycles. The van der Waals surface area contributed by atoms with Crippen molar-refractivity contribution in [3.8, 4) is 0 Å². The van der Waals surface area contributed by atoms with Crippen LogP contribution in [0.5, 0.6) is 0 Å². The molecule has 4 saturated carbocycles. The SMILES string of the molecule is C[C@]12CC[C@H]3[C@@H](CCC4C[C@H](O)CC[C@@]43C)[C@@H]1CC(=NO)[C@@H]2O. The molecule has 0 aromatic rings. The summed E-state index contributed by atoms with van der Waals surface area (Å²) in [4.78, 5) is 0. The van der Waals surface area contributed by atoms with Crippen LogP contribution in [0.4, 0.5) is 0 Å². The fourth-order valence-corrected chi connectivity index (χ4v) is 7.12. The van der Waals surface area contributed by atoms with Gasteiger partial charge in [-0.3, -0.25) is 0 Å². The first-order chi connectivity index (χ1) is 10.9. The molecule has 0 amide bonds. The van der Waals surface area contributed by atoms with Crippen molar-refractivity contribution in [3.63, 3.8) is 0 Å². The van der Waals surface area contributed by atoms with Gasteiger partial charge in [0.05, 0.1) is 11.8 Å². The highest BCUT2D eigenvalue weighted by Crippen LogP contribution is 2.65. The van der Waals surface area contributed by atoms with Crippen LogP contribution in [0, 0.1) is 34.5 Å². The monoisotopic (exact) mass is 321 g/mol. The molecule has 0 radical (unpaired) electrons. The number of hydrogen-bond acceptors (Lipinski definition) is 4. The average molecular weight is 321 g/mol. The van der Waals surface area contributed by atoms with Crippen LogP contribution in [0.1, 0.15) is 65.2 Å². The maximum atomic E-state index is 10.6. The van der Waals surface area contributed by atoms with Crippen LogP contribution in [0.25, 0.3) is 0 Å². The van der Waals surface area contributed by atoms with E-state index in [-0.39, 0.29) is 11.5 Å². The summed E-state index contributed by atoms with van der Waals surface area (Å²) in [6.45, 7) is 4.67. The Hall–Kier alpha value is -0.610. The summed E-state index contributed by atoms with van der Waals surface area (Å²) >= 11 is 0. The van der Waals surface area contributed by atoms with Crippen molar-refractivity contribution in [1.29, 1.82) is 0 Å². The van der Waals surface area contributed by atoms with Gasteiger partial charge in [-0.15, -0.1) is 0 Å². The molecule has 4 aliphatic carbocycles. The Morgan fingerprint density at radius 3 is 2.43 bits per heavy atom. The lowest BCUT2D eigenvalue weighted by Gasteiger charge is -2.60. The largest absolute Gasteiger partial charge is 0.411 e. The van der Waals surface area contributed by atoms with E-state index in [9.17, 15) is 15.4 Å². The second-order valence-electron chi connectivity index (χ2n) is 9.33. The number of aliphatic hydroxyl groups excluding tert-OH is 2. The predicted octanol–water partition coefficient (Wildman–Crippen LogP) is 3.19. The lowest BCUT2D eigenvalue weighted by Crippen LogP contribution is -2.54. The molecule has 130 valence electrons. The Bertz CT molecular complexity index is 521. The third kappa shape index (κ3) is 2.07. The van der Waals surface area contributed by atoms with Gasteiger partial charge in [-0.25, -0.2) is 0 Å². The highest BCUT2D eigenvalue weighted by molar-refractivity contribution is 5.91. The molecule has 4 rings (SSSR count). The molecule has 0 bridgehead atoms. The number of hydrogen-bond donors (Lipinski definition) is 3. The fourth-order valence-electron chi connectivity index (χ4n) is 7.12. The summed E-state index contributed by atoms with van der Waals surface area (Å²) in [5.41, 5.74) is 0.845. The lowest BCUT2D eigenvalue weighted by atomic mass is 9.45. The van der Waals surface area contributed by atoms with Crippen molar-refractivity contribution < 1.29 is 15.4 Å². The molecule has 0 saturated heterocycles. The van der Waals surface area contributed by atoms with E-state index in [1.54, 1.807) is 0 Å². The van der Waals surface area contributed by atoms with Crippen molar-refractivity contribution in [3.05, 3.63) is 0 Å². The summed E-state index contributed by atoms with van der Waals surface area (Å²) in [7, 11) is 0. The predicted molar refractivity (Wildman–Crippen MR) is 88.3 cm³/mol. The third-order valence-electron chi connectivity index (χ3n) is 8.57. The first kappa shape index (κ1) is 15.9. The van der Waals surface area contributed by atoms with Crippen molar-refractivity contribution >= 4 is 5.71 Å². The van der Waals surface area contributed by atoms with E-state index in [1.165, 1.54) is 19.3 Å². The van der Waals surface area contributed by atoms with Gasteiger partial charge in [0.15, 0.2) is 0 Å². The number of oxime groups is 1. The van der Waals surface area contributed by atoms with Gasteiger partial charge in [-0.05, 0) is 80.5 Å². The van der Waals surface area contributed by atoms with Crippen molar-refractivity contribution in [2.75, 3.05) is 0 Å². The van der Waals surface area contributed by atoms with Crippen LogP contribution >= 0.6 is 0 Å². The minimum atomic E-state index is -0.572. The lowest BCUT2D eigenvalue weighted by molar-refractivity contribution is -0.132. The minimum absolute atomic E-state index is 0.0973. The van der Waals surface area contributed by atoms with Gasteiger partial charge in [0.1, 0.15) is 6.10 Å². The van der Waals surface area contributed by atoms with E-state index >= 15 is 0 Å². The second kappa shape index (κ2) is 5.19. The van der Waals surface area contributed by atoms with Gasteiger partial charge in [0, 0.05) is 5.41 Å². The Labute approximate surface area is 139 Å². The van der Waals surface area contributed by atoms with Gasteiger partial charge < -0.3 is 15.4 Å². The first-order valence-corrected chi connectivity index (χ1v) is 9.47. The first-order valence-electron chi connectivity index (χ1n) is 9.47. The maximum absolute atomic E-state index is 10.6. The van der Waals surface area contributed by atoms with E-state index in [4.69, 9.17) is 0 Å². The van der Waals surface area contributed by atoms with Gasteiger partial charge in [-0.1, -0.05) is 19.0 Å². The Morgan fingerprint density at radius 2 is 1.70 bits per heavy atom. The van der Waals surface area contributed by atoms with Crippen molar-refractivity contribution in [2.45, 2.75) is 77.4 Å². The maximum Gasteiger partial charge on any atom is 0.101 e. The highest BCUT2D eigenvalue weighted by atomic mass is 16.4. The van der Waals surface area contributed by atoms with Crippen LogP contribution < -0.4 is 0 Å². The van der Waals surface area contributed by atoms with Crippen LogP contribution in [0.2, 0.25) is 0 Å². The summed E-state index contributed by atoms with van der Waals surface area (Å²) in [6, 6.07) is 0. The Morgan fingerprint density at radius 1 is 0.957 bits per heavy atom. The summed E-state index contributed by atoms with van der Waals surface area (Å²) in [5.74, 6) is 2.46. The molecule has 4 aliphatic rings. The quantitative estimate of drug-likeness (QED) is 0.474. The van der Waals surface area contributed by atoms with E-state index in [0.29, 0.717) is 34.8 Å². The van der Waals surface area contributed by atoms with Gasteiger partial charge in [-0.2, -0.15) is 0 Å². The molecule has 0 spiro atoms. The van der Waals surface area contributed by atoms with Gasteiger partial charge in [0.25, 0.3) is 0 Å². The minimum Gasteiger partial charge on any atom is -0.411 e. The molecule has 4 nitrogen and oxygen atoms in total. The molecule has 3 N–H and O–H groups in total. The topological polar surface area (TPSA) is 73.1 Å². The van der Waals surface area contributed by atoms with E-state index in [2.05, 4.69) is 19.0 Å². The van der Waals surface area contributed by atoms with Crippen LogP contribution in [0.15, 0.2) is 5.16 Å². The summed E-state index contributed by atoms with van der Waals surface area (Å²) in [6.07, 6.45) is 7.80. The van der Waals surface area contributed by atoms with E-state index in [0.717, 1.165) is 32.1 Å². The molecule has 4 heteroatoms. The normalized spacial score (nSPS) is 57.7. The molecule has 1 unspecified atom stereocenters. The van der Waals surface area contributed by atoms with Crippen molar-refractivity contribution in [1.82, 2.24) is 0 Å². The van der Waals surface area contributed by atoms with E-state index in [1.807, 2.05) is 0 Å². The van der Waals surface area contributed by atoms with Crippen LogP contribution in [-0.4, -0.2) is 33.3 Å². The third-order valence-corrected chi connectivity index (χ3v) is 8.57. The Kier molecular flexibility index (Phi) is 3.59. The number of rotatable bonds is 0. The molecule has 0 heterocycles. The molecule has 23 heavy (non-hydrogen) atoms. The van der Waals surface area contributed by atoms with E-state index < -0.39 is 6.10 Å². The standard InChI is InChI=1S/C19H31NO3/c1-18-7-5-12(21)9-11(18)3-4-13-14(18)6-8-19(2)15(13)10-16(20-23)17(19)22/h11-15,17,21-23H,3-10H2,1-2H3/t11?,12-,13-,14+,15+,17+,18+,19+/m1/s1. The van der Waals surface area contributed by atoms with Crippen molar-refractivity contribution in [2.24, 2.45) is 39.7 Å². The molecule has 0 aromatic carbocycles. The van der Waals surface area contributed by atoms with Crippen LogP contribution in [-0.2, 0) is 0 Å². The average Bonchev–Trinajstić information content (AvgIpc) is 2.79. The molecule has 4 fully saturated rings. The molecular weight excluding hydrogens is 290 g/mol. The number of nitrogens with zero attached hydrogens (tertiary/aromatic N) is 1. The zero-order valence-corrected chi connectivity index (χ0v) is 14.4. The molecule has 8 atom stereocenters. The van der Waals surface area contributed by atoms with Gasteiger partial charge >= 0.3 is 0 Å².